The van der Waals surface area contributed by atoms with Crippen molar-refractivity contribution >= 4 is 21.6 Å². The third-order valence-corrected chi connectivity index (χ3v) is 5.70. The Bertz CT molecular complexity index is 899. The molecule has 7 heteroatoms. The van der Waals surface area contributed by atoms with Gasteiger partial charge in [-0.25, -0.2) is 8.42 Å². The fourth-order valence-electron chi connectivity index (χ4n) is 2.42. The zero-order chi connectivity index (χ0) is 20.6. The minimum absolute atomic E-state index is 0.128. The van der Waals surface area contributed by atoms with Crippen LogP contribution in [0.2, 0.25) is 0 Å². The number of para-hydroxylation sites is 1. The fraction of sp³-hybridized carbons (Fsp3) is 0.190. The molecule has 1 amide bonds. The van der Waals surface area contributed by atoms with Crippen molar-refractivity contribution in [2.24, 2.45) is 0 Å². The van der Waals surface area contributed by atoms with E-state index >= 15 is 0 Å². The molecule has 1 unspecified atom stereocenters. The molecule has 0 aliphatic rings. The van der Waals surface area contributed by atoms with Crippen molar-refractivity contribution in [3.05, 3.63) is 79.9 Å². The Labute approximate surface area is 166 Å². The molecule has 0 aliphatic carbocycles. The van der Waals surface area contributed by atoms with Crippen LogP contribution in [0.3, 0.4) is 0 Å². The lowest BCUT2D eigenvalue weighted by Gasteiger charge is -2.19. The van der Waals surface area contributed by atoms with E-state index in [4.69, 9.17) is 4.74 Å². The maximum Gasteiger partial charge on any atom is 0.265 e. The topological polar surface area (TPSA) is 75.7 Å². The zero-order valence-corrected chi connectivity index (χ0v) is 16.6. The van der Waals surface area contributed by atoms with Crippen LogP contribution in [-0.4, -0.2) is 37.8 Å². The average Bonchev–Trinajstić information content (AvgIpc) is 2.69. The van der Waals surface area contributed by atoms with Crippen molar-refractivity contribution in [2.75, 3.05) is 18.4 Å². The average molecular weight is 401 g/mol. The number of nitrogens with one attached hydrogen (secondary N) is 1. The summed E-state index contributed by atoms with van der Waals surface area (Å²) in [5, 5.41) is 2.72. The lowest BCUT2D eigenvalue weighted by atomic mass is 10.3. The molecule has 1 atom stereocenters. The maximum absolute atomic E-state index is 12.7. The van der Waals surface area contributed by atoms with Gasteiger partial charge in [0.2, 0.25) is 10.0 Å². The van der Waals surface area contributed by atoms with E-state index in [0.29, 0.717) is 11.4 Å². The lowest BCUT2D eigenvalue weighted by molar-refractivity contribution is -0.122. The molecule has 0 saturated heterocycles. The van der Waals surface area contributed by atoms with Crippen molar-refractivity contribution in [2.45, 2.75) is 17.9 Å². The molecule has 0 radical (unpaired) electrons. The number of rotatable bonds is 10. The first-order valence-corrected chi connectivity index (χ1v) is 10.2. The zero-order valence-electron chi connectivity index (χ0n) is 15.7. The molecule has 0 spiro atoms. The highest BCUT2D eigenvalue weighted by Gasteiger charge is 2.22. The molecule has 6 nitrogen and oxygen atoms in total. The second-order valence-electron chi connectivity index (χ2n) is 5.99. The number of anilines is 1. The SMILES string of the molecule is C=CCN(CC=C)S(=O)(=O)c1ccc(NC(=O)C(C)Oc2ccccc2)cc1. The van der Waals surface area contributed by atoms with E-state index in [0.717, 1.165) is 0 Å². The van der Waals surface area contributed by atoms with Crippen molar-refractivity contribution < 1.29 is 17.9 Å². The van der Waals surface area contributed by atoms with Crippen LogP contribution >= 0.6 is 0 Å². The smallest absolute Gasteiger partial charge is 0.265 e. The van der Waals surface area contributed by atoms with Gasteiger partial charge in [0.1, 0.15) is 5.75 Å². The number of benzene rings is 2. The maximum atomic E-state index is 12.7. The fourth-order valence-corrected chi connectivity index (χ4v) is 3.80. The van der Waals surface area contributed by atoms with Gasteiger partial charge < -0.3 is 10.1 Å². The summed E-state index contributed by atoms with van der Waals surface area (Å²) in [7, 11) is -3.67. The first-order chi connectivity index (χ1) is 13.4. The van der Waals surface area contributed by atoms with Gasteiger partial charge in [-0.15, -0.1) is 13.2 Å². The molecule has 0 heterocycles. The summed E-state index contributed by atoms with van der Waals surface area (Å²) in [6, 6.07) is 15.0. The molecule has 1 N–H and O–H groups in total. The van der Waals surface area contributed by atoms with Gasteiger partial charge in [-0.1, -0.05) is 30.4 Å². The highest BCUT2D eigenvalue weighted by atomic mass is 32.2. The monoisotopic (exact) mass is 400 g/mol. The van der Waals surface area contributed by atoms with Gasteiger partial charge in [0.05, 0.1) is 4.90 Å². The van der Waals surface area contributed by atoms with Gasteiger partial charge in [0.15, 0.2) is 6.10 Å². The highest BCUT2D eigenvalue weighted by Crippen LogP contribution is 2.19. The Balaban J connectivity index is 2.06. The normalized spacial score (nSPS) is 12.2. The number of amides is 1. The van der Waals surface area contributed by atoms with Gasteiger partial charge in [0, 0.05) is 18.8 Å². The van der Waals surface area contributed by atoms with Crippen LogP contribution in [0.1, 0.15) is 6.92 Å². The van der Waals surface area contributed by atoms with E-state index in [9.17, 15) is 13.2 Å². The first kappa shape index (κ1) is 21.4. The van der Waals surface area contributed by atoms with Gasteiger partial charge in [-0.05, 0) is 43.3 Å². The highest BCUT2D eigenvalue weighted by molar-refractivity contribution is 7.89. The van der Waals surface area contributed by atoms with Crippen LogP contribution in [-0.2, 0) is 14.8 Å². The van der Waals surface area contributed by atoms with Crippen LogP contribution < -0.4 is 10.1 Å². The molecule has 0 saturated carbocycles. The standard InChI is InChI=1S/C21H24N2O4S/c1-4-15-23(16-5-2)28(25,26)20-13-11-18(12-14-20)22-21(24)17(3)27-19-9-7-6-8-10-19/h4-14,17H,1-2,15-16H2,3H3,(H,22,24). The summed E-state index contributed by atoms with van der Waals surface area (Å²) in [6.07, 6.45) is 2.33. The molecule has 0 bridgehead atoms. The van der Waals surface area contributed by atoms with Crippen LogP contribution in [0.5, 0.6) is 5.75 Å². The summed E-state index contributed by atoms with van der Waals surface area (Å²) in [6.45, 7) is 9.17. The van der Waals surface area contributed by atoms with Crippen LogP contribution in [0, 0.1) is 0 Å². The minimum atomic E-state index is -3.67. The molecular formula is C21H24N2O4S. The quantitative estimate of drug-likeness (QED) is 0.620. The van der Waals surface area contributed by atoms with Gasteiger partial charge >= 0.3 is 0 Å². The number of nitrogens with zero attached hydrogens (tertiary/aromatic N) is 1. The van der Waals surface area contributed by atoms with E-state index in [2.05, 4.69) is 18.5 Å². The van der Waals surface area contributed by atoms with E-state index in [1.54, 1.807) is 31.2 Å². The molecule has 2 aromatic carbocycles. The molecule has 0 aliphatic heterocycles. The number of carbonyl (C=O) groups excluding carboxylic acids is 1. The summed E-state index contributed by atoms with van der Waals surface area (Å²) >= 11 is 0. The largest absolute Gasteiger partial charge is 0.481 e. The van der Waals surface area contributed by atoms with Gasteiger partial charge in [-0.2, -0.15) is 4.31 Å². The number of hydrogen-bond donors (Lipinski definition) is 1. The second-order valence-corrected chi connectivity index (χ2v) is 7.92. The molecule has 2 aromatic rings. The van der Waals surface area contributed by atoms with Crippen molar-refractivity contribution in [1.29, 1.82) is 0 Å². The number of carbonyl (C=O) groups is 1. The van der Waals surface area contributed by atoms with Crippen molar-refractivity contribution in [1.82, 2.24) is 4.31 Å². The Hall–Kier alpha value is -2.90. The molecule has 0 aromatic heterocycles. The van der Waals surface area contributed by atoms with E-state index in [1.807, 2.05) is 18.2 Å². The first-order valence-electron chi connectivity index (χ1n) is 8.73. The van der Waals surface area contributed by atoms with Gasteiger partial charge in [0.25, 0.3) is 5.91 Å². The third-order valence-electron chi connectivity index (χ3n) is 3.85. The predicted octanol–water partition coefficient (Wildman–Crippen LogP) is 3.46. The summed E-state index contributed by atoms with van der Waals surface area (Å²) < 4.78 is 32.2. The van der Waals surface area contributed by atoms with E-state index in [1.165, 1.54) is 28.6 Å². The summed E-state index contributed by atoms with van der Waals surface area (Å²) in [5.41, 5.74) is 0.478. The number of hydrogen-bond acceptors (Lipinski definition) is 4. The van der Waals surface area contributed by atoms with Gasteiger partial charge in [-0.3, -0.25) is 4.79 Å². The molecule has 28 heavy (non-hydrogen) atoms. The Morgan fingerprint density at radius 2 is 1.64 bits per heavy atom. The Kier molecular flexibility index (Phi) is 7.54. The second kappa shape index (κ2) is 9.87. The summed E-state index contributed by atoms with van der Waals surface area (Å²) in [5.74, 6) is 0.260. The molecular weight excluding hydrogens is 376 g/mol. The van der Waals surface area contributed by atoms with Crippen LogP contribution in [0.25, 0.3) is 0 Å². The Morgan fingerprint density at radius 3 is 2.18 bits per heavy atom. The van der Waals surface area contributed by atoms with Crippen LogP contribution in [0.4, 0.5) is 5.69 Å². The number of sulfonamides is 1. The Morgan fingerprint density at radius 1 is 1.07 bits per heavy atom. The molecule has 148 valence electrons. The predicted molar refractivity (Wildman–Crippen MR) is 111 cm³/mol. The third kappa shape index (κ3) is 5.55. The summed E-state index contributed by atoms with van der Waals surface area (Å²) in [4.78, 5) is 12.4. The van der Waals surface area contributed by atoms with Crippen molar-refractivity contribution in [3.8, 4) is 5.75 Å². The minimum Gasteiger partial charge on any atom is -0.481 e. The number of ether oxygens (including phenoxy) is 1. The van der Waals surface area contributed by atoms with Crippen molar-refractivity contribution in [3.63, 3.8) is 0 Å². The lowest BCUT2D eigenvalue weighted by Crippen LogP contribution is -2.31. The molecule has 0 fully saturated rings. The van der Waals surface area contributed by atoms with E-state index in [-0.39, 0.29) is 23.9 Å². The van der Waals surface area contributed by atoms with E-state index < -0.39 is 16.1 Å². The molecule has 2 rings (SSSR count). The van der Waals surface area contributed by atoms with Crippen LogP contribution in [0.15, 0.2) is 84.8 Å².